The molecule has 0 aliphatic rings. The van der Waals surface area contributed by atoms with E-state index in [4.69, 9.17) is 4.74 Å². The second kappa shape index (κ2) is 11.0. The molecule has 8 nitrogen and oxygen atoms in total. The summed E-state index contributed by atoms with van der Waals surface area (Å²) in [6.45, 7) is 1.36. The molecule has 0 radical (unpaired) electrons. The van der Waals surface area contributed by atoms with Crippen LogP contribution >= 0.6 is 0 Å². The minimum absolute atomic E-state index is 0.201. The zero-order valence-corrected chi connectivity index (χ0v) is 15.2. The van der Waals surface area contributed by atoms with E-state index in [1.807, 2.05) is 30.3 Å². The molecule has 0 aromatic heterocycles. The van der Waals surface area contributed by atoms with E-state index in [1.165, 1.54) is 0 Å². The number of benzene rings is 2. The average Bonchev–Trinajstić information content (AvgIpc) is 2.71. The fraction of sp³-hybridized carbons (Fsp3) is 0.150. The van der Waals surface area contributed by atoms with Gasteiger partial charge in [-0.3, -0.25) is 4.79 Å². The van der Waals surface area contributed by atoms with E-state index >= 15 is 0 Å². The number of nitrogens with zero attached hydrogens (tertiary/aromatic N) is 2. The smallest absolute Gasteiger partial charge is 0.331 e. The zero-order chi connectivity index (χ0) is 20.2. The van der Waals surface area contributed by atoms with Gasteiger partial charge < -0.3 is 14.8 Å². The summed E-state index contributed by atoms with van der Waals surface area (Å²) >= 11 is 0. The lowest BCUT2D eigenvalue weighted by Gasteiger charge is -2.05. The fourth-order valence-corrected chi connectivity index (χ4v) is 1.93. The van der Waals surface area contributed by atoms with Crippen molar-refractivity contribution in [3.8, 4) is 0 Å². The predicted octanol–water partition coefficient (Wildman–Crippen LogP) is 3.70. The molecule has 0 heterocycles. The lowest BCUT2D eigenvalue weighted by atomic mass is 10.3. The molecule has 0 aliphatic heterocycles. The number of anilines is 1. The van der Waals surface area contributed by atoms with Gasteiger partial charge in [-0.1, -0.05) is 18.2 Å². The summed E-state index contributed by atoms with van der Waals surface area (Å²) in [6, 6.07) is 16.0. The molecule has 8 heteroatoms. The summed E-state index contributed by atoms with van der Waals surface area (Å²) < 4.78 is 9.36. The highest BCUT2D eigenvalue weighted by atomic mass is 16.5. The average molecular weight is 381 g/mol. The number of carbonyl (C=O) groups is 3. The summed E-state index contributed by atoms with van der Waals surface area (Å²) in [5, 5.41) is 10.8. The molecule has 2 rings (SSSR count). The number of esters is 2. The van der Waals surface area contributed by atoms with Crippen LogP contribution in [-0.2, 0) is 23.9 Å². The van der Waals surface area contributed by atoms with Crippen LogP contribution in [0, 0.1) is 0 Å². The number of azo groups is 1. The molecule has 0 fully saturated rings. The van der Waals surface area contributed by atoms with Crippen molar-refractivity contribution < 1.29 is 23.9 Å². The lowest BCUT2D eigenvalue weighted by Crippen LogP contribution is -2.20. The van der Waals surface area contributed by atoms with Crippen LogP contribution in [0.25, 0.3) is 0 Å². The molecule has 2 aromatic rings. The molecular weight excluding hydrogens is 362 g/mol. The van der Waals surface area contributed by atoms with Crippen molar-refractivity contribution in [3.63, 3.8) is 0 Å². The molecule has 0 aliphatic carbocycles. The number of amides is 1. The molecule has 144 valence electrons. The van der Waals surface area contributed by atoms with Crippen LogP contribution in [0.4, 0.5) is 17.1 Å². The largest absolute Gasteiger partial charge is 0.463 e. The van der Waals surface area contributed by atoms with Gasteiger partial charge in [0.1, 0.15) is 0 Å². The Morgan fingerprint density at radius 2 is 1.43 bits per heavy atom. The van der Waals surface area contributed by atoms with Crippen LogP contribution in [0.5, 0.6) is 0 Å². The zero-order valence-electron chi connectivity index (χ0n) is 15.2. The molecule has 0 saturated heterocycles. The van der Waals surface area contributed by atoms with E-state index in [9.17, 15) is 14.4 Å². The van der Waals surface area contributed by atoms with Crippen molar-refractivity contribution in [2.75, 3.05) is 18.5 Å². The topological polar surface area (TPSA) is 106 Å². The summed E-state index contributed by atoms with van der Waals surface area (Å²) in [4.78, 5) is 34.3. The second-order valence-electron chi connectivity index (χ2n) is 5.32. The number of ether oxygens (including phenoxy) is 2. The van der Waals surface area contributed by atoms with Crippen LogP contribution < -0.4 is 5.32 Å². The maximum atomic E-state index is 11.8. The highest BCUT2D eigenvalue weighted by Crippen LogP contribution is 2.19. The van der Waals surface area contributed by atoms with Gasteiger partial charge in [-0.2, -0.15) is 10.2 Å². The summed E-state index contributed by atoms with van der Waals surface area (Å²) in [5.41, 5.74) is 1.87. The first-order chi connectivity index (χ1) is 13.6. The molecule has 0 unspecified atom stereocenters. The van der Waals surface area contributed by atoms with Crippen LogP contribution in [0.2, 0.25) is 0 Å². The van der Waals surface area contributed by atoms with E-state index in [-0.39, 0.29) is 6.61 Å². The van der Waals surface area contributed by atoms with Crippen LogP contribution in [0.15, 0.2) is 77.0 Å². The standard InChI is InChI=1S/C20H19N3O5/c1-2-27-19(25)12-13-20(26)28-14-18(24)21-15-8-10-17(11-9-15)23-22-16-6-4-3-5-7-16/h3-13H,2,14H2,1H3,(H,21,24)/b13-12+,23-22?. The van der Waals surface area contributed by atoms with Gasteiger partial charge >= 0.3 is 11.9 Å². The van der Waals surface area contributed by atoms with E-state index in [1.54, 1.807) is 31.2 Å². The molecule has 0 bridgehead atoms. The SMILES string of the molecule is CCOC(=O)/C=C/C(=O)OCC(=O)Nc1ccc(N=Nc2ccccc2)cc1. The summed E-state index contributed by atoms with van der Waals surface area (Å²) in [6.07, 6.45) is 1.84. The molecule has 0 spiro atoms. The van der Waals surface area contributed by atoms with Gasteiger partial charge in [-0.15, -0.1) is 0 Å². The number of nitrogens with one attached hydrogen (secondary N) is 1. The summed E-state index contributed by atoms with van der Waals surface area (Å²) in [7, 11) is 0. The lowest BCUT2D eigenvalue weighted by molar-refractivity contribution is -0.143. The van der Waals surface area contributed by atoms with E-state index in [0.717, 1.165) is 17.8 Å². The van der Waals surface area contributed by atoms with E-state index < -0.39 is 24.5 Å². The second-order valence-corrected chi connectivity index (χ2v) is 5.32. The molecule has 0 saturated carbocycles. The van der Waals surface area contributed by atoms with Crippen molar-refractivity contribution in [1.29, 1.82) is 0 Å². The first-order valence-electron chi connectivity index (χ1n) is 8.45. The van der Waals surface area contributed by atoms with E-state index in [2.05, 4.69) is 20.3 Å². The predicted molar refractivity (Wildman–Crippen MR) is 102 cm³/mol. The van der Waals surface area contributed by atoms with Gasteiger partial charge in [0, 0.05) is 17.8 Å². The van der Waals surface area contributed by atoms with Crippen molar-refractivity contribution in [2.24, 2.45) is 10.2 Å². The molecule has 1 amide bonds. The van der Waals surface area contributed by atoms with Crippen molar-refractivity contribution >= 4 is 34.9 Å². The van der Waals surface area contributed by atoms with Crippen molar-refractivity contribution in [3.05, 3.63) is 66.7 Å². The monoisotopic (exact) mass is 381 g/mol. The number of carbonyl (C=O) groups excluding carboxylic acids is 3. The molecule has 28 heavy (non-hydrogen) atoms. The minimum Gasteiger partial charge on any atom is -0.463 e. The van der Waals surface area contributed by atoms with Crippen LogP contribution in [0.1, 0.15) is 6.92 Å². The molecule has 1 N–H and O–H groups in total. The number of hydrogen-bond acceptors (Lipinski definition) is 7. The maximum Gasteiger partial charge on any atom is 0.331 e. The Kier molecular flexibility index (Phi) is 8.07. The van der Waals surface area contributed by atoms with E-state index in [0.29, 0.717) is 11.4 Å². The molecule has 2 aromatic carbocycles. The van der Waals surface area contributed by atoms with Crippen LogP contribution in [0.3, 0.4) is 0 Å². The maximum absolute atomic E-state index is 11.8. The van der Waals surface area contributed by atoms with Gasteiger partial charge in [0.05, 0.1) is 18.0 Å². The fourth-order valence-electron chi connectivity index (χ4n) is 1.93. The molecule has 0 atom stereocenters. The Balaban J connectivity index is 1.78. The summed E-state index contributed by atoms with van der Waals surface area (Å²) in [5.74, 6) is -2.00. The van der Waals surface area contributed by atoms with Gasteiger partial charge in [0.25, 0.3) is 5.91 Å². The first kappa shape index (κ1) is 20.5. The Morgan fingerprint density at radius 1 is 0.857 bits per heavy atom. The quantitative estimate of drug-likeness (QED) is 0.426. The van der Waals surface area contributed by atoms with Crippen molar-refractivity contribution in [1.82, 2.24) is 0 Å². The first-order valence-corrected chi connectivity index (χ1v) is 8.45. The molecular formula is C20H19N3O5. The third-order valence-corrected chi connectivity index (χ3v) is 3.18. The third-order valence-electron chi connectivity index (χ3n) is 3.18. The van der Waals surface area contributed by atoms with Crippen LogP contribution in [-0.4, -0.2) is 31.1 Å². The minimum atomic E-state index is -0.820. The van der Waals surface area contributed by atoms with Gasteiger partial charge in [-0.25, -0.2) is 9.59 Å². The number of hydrogen-bond donors (Lipinski definition) is 1. The Morgan fingerprint density at radius 3 is 2.04 bits per heavy atom. The highest BCUT2D eigenvalue weighted by molar-refractivity contribution is 5.95. The normalized spacial score (nSPS) is 10.8. The Bertz CT molecular complexity index is 861. The third kappa shape index (κ3) is 7.61. The van der Waals surface area contributed by atoms with Gasteiger partial charge in [0.15, 0.2) is 6.61 Å². The Labute approximate surface area is 161 Å². The van der Waals surface area contributed by atoms with Gasteiger partial charge in [0.2, 0.25) is 0 Å². The highest BCUT2D eigenvalue weighted by Gasteiger charge is 2.06. The number of rotatable bonds is 8. The van der Waals surface area contributed by atoms with Crippen molar-refractivity contribution in [2.45, 2.75) is 6.92 Å². The Hall–Kier alpha value is -3.81. The van der Waals surface area contributed by atoms with Gasteiger partial charge in [-0.05, 0) is 43.3 Å².